The van der Waals surface area contributed by atoms with Crippen LogP contribution in [0, 0.1) is 0 Å². The lowest BCUT2D eigenvalue weighted by molar-refractivity contribution is -0.125. The van der Waals surface area contributed by atoms with Crippen LogP contribution in [0.25, 0.3) is 11.6 Å². The molecule has 2 aromatic carbocycles. The third-order valence-electron chi connectivity index (χ3n) is 2.63. The Morgan fingerprint density at radius 2 is 1.58 bits per heavy atom. The van der Waals surface area contributed by atoms with Gasteiger partial charge in [-0.3, -0.25) is 9.63 Å². The number of benzene rings is 2. The van der Waals surface area contributed by atoms with Crippen LogP contribution in [0.1, 0.15) is 11.1 Å². The first-order chi connectivity index (χ1) is 9.31. The molecule has 96 valence electrons. The summed E-state index contributed by atoms with van der Waals surface area (Å²) in [5.41, 5.74) is 4.73. The molecule has 2 aromatic rings. The van der Waals surface area contributed by atoms with Gasteiger partial charge in [-0.15, -0.1) is 0 Å². The zero-order valence-electron chi connectivity index (χ0n) is 10.7. The van der Waals surface area contributed by atoms with E-state index in [4.69, 9.17) is 4.84 Å². The number of hydroxylamine groups is 1. The molecule has 0 heterocycles. The van der Waals surface area contributed by atoms with Crippen LogP contribution in [0.3, 0.4) is 0 Å². The second-order valence-electron chi connectivity index (χ2n) is 3.97. The Labute approximate surface area is 112 Å². The van der Waals surface area contributed by atoms with Gasteiger partial charge < -0.3 is 0 Å². The molecule has 3 heteroatoms. The van der Waals surface area contributed by atoms with Crippen molar-refractivity contribution in [3.63, 3.8) is 0 Å². The van der Waals surface area contributed by atoms with Crippen LogP contribution in [0.5, 0.6) is 0 Å². The van der Waals surface area contributed by atoms with E-state index in [2.05, 4.69) is 5.48 Å². The Balaban J connectivity index is 2.41. The molecule has 3 nitrogen and oxygen atoms in total. The predicted molar refractivity (Wildman–Crippen MR) is 75.9 cm³/mol. The highest BCUT2D eigenvalue weighted by atomic mass is 16.6. The molecule has 0 spiro atoms. The molecule has 0 fully saturated rings. The summed E-state index contributed by atoms with van der Waals surface area (Å²) >= 11 is 0. The number of amides is 1. The molecule has 19 heavy (non-hydrogen) atoms. The lowest BCUT2D eigenvalue weighted by Crippen LogP contribution is -2.22. The number of carbonyl (C=O) groups is 1. The maximum Gasteiger partial charge on any atom is 0.275 e. The minimum absolute atomic E-state index is 0.266. The van der Waals surface area contributed by atoms with Gasteiger partial charge in [-0.2, -0.15) is 0 Å². The van der Waals surface area contributed by atoms with Crippen molar-refractivity contribution in [3.8, 4) is 0 Å². The smallest absolute Gasteiger partial charge is 0.275 e. The van der Waals surface area contributed by atoms with E-state index in [1.807, 2.05) is 66.7 Å². The van der Waals surface area contributed by atoms with E-state index < -0.39 is 0 Å². The molecule has 0 unspecified atom stereocenters. The van der Waals surface area contributed by atoms with Gasteiger partial charge in [0, 0.05) is 5.57 Å². The van der Waals surface area contributed by atoms with Gasteiger partial charge in [0.05, 0.1) is 7.11 Å². The van der Waals surface area contributed by atoms with Gasteiger partial charge in [-0.05, 0) is 17.2 Å². The SMILES string of the molecule is CONC(=O)/C(=C/c1ccccc1)c1ccccc1. The van der Waals surface area contributed by atoms with Gasteiger partial charge in [-0.25, -0.2) is 5.48 Å². The minimum atomic E-state index is -0.266. The van der Waals surface area contributed by atoms with Crippen molar-refractivity contribution in [2.75, 3.05) is 7.11 Å². The van der Waals surface area contributed by atoms with Crippen molar-refractivity contribution in [1.29, 1.82) is 0 Å². The molecular weight excluding hydrogens is 238 g/mol. The lowest BCUT2D eigenvalue weighted by Gasteiger charge is -2.07. The molecule has 1 N–H and O–H groups in total. The van der Waals surface area contributed by atoms with Crippen LogP contribution in [-0.2, 0) is 9.63 Å². The monoisotopic (exact) mass is 253 g/mol. The quantitative estimate of drug-likeness (QED) is 0.517. The molecule has 0 aliphatic heterocycles. The van der Waals surface area contributed by atoms with E-state index in [0.717, 1.165) is 11.1 Å². The van der Waals surface area contributed by atoms with Gasteiger partial charge in [0.2, 0.25) is 0 Å². The molecule has 0 saturated heterocycles. The average Bonchev–Trinajstić information content (AvgIpc) is 2.47. The Morgan fingerprint density at radius 3 is 2.16 bits per heavy atom. The van der Waals surface area contributed by atoms with Crippen molar-refractivity contribution in [3.05, 3.63) is 71.8 Å². The highest BCUT2D eigenvalue weighted by molar-refractivity contribution is 6.23. The van der Waals surface area contributed by atoms with E-state index in [-0.39, 0.29) is 5.91 Å². The summed E-state index contributed by atoms with van der Waals surface area (Å²) in [6.45, 7) is 0. The van der Waals surface area contributed by atoms with Crippen LogP contribution in [0.15, 0.2) is 60.7 Å². The summed E-state index contributed by atoms with van der Waals surface area (Å²) in [6, 6.07) is 19.2. The second kappa shape index (κ2) is 6.52. The third kappa shape index (κ3) is 3.53. The maximum atomic E-state index is 12.0. The Morgan fingerprint density at radius 1 is 1.00 bits per heavy atom. The molecule has 0 atom stereocenters. The number of nitrogens with one attached hydrogen (secondary N) is 1. The van der Waals surface area contributed by atoms with Crippen molar-refractivity contribution < 1.29 is 9.63 Å². The summed E-state index contributed by atoms with van der Waals surface area (Å²) in [5.74, 6) is -0.266. The Kier molecular flexibility index (Phi) is 4.48. The number of hydrogen-bond acceptors (Lipinski definition) is 2. The molecule has 0 bridgehead atoms. The summed E-state index contributed by atoms with van der Waals surface area (Å²) in [7, 11) is 1.42. The molecule has 0 radical (unpaired) electrons. The van der Waals surface area contributed by atoms with Gasteiger partial charge in [-0.1, -0.05) is 60.7 Å². The fourth-order valence-corrected chi connectivity index (χ4v) is 1.76. The van der Waals surface area contributed by atoms with Crippen LogP contribution < -0.4 is 5.48 Å². The van der Waals surface area contributed by atoms with Crippen molar-refractivity contribution >= 4 is 17.6 Å². The zero-order chi connectivity index (χ0) is 13.5. The molecule has 2 rings (SSSR count). The summed E-state index contributed by atoms with van der Waals surface area (Å²) < 4.78 is 0. The molecule has 0 aliphatic carbocycles. The maximum absolute atomic E-state index is 12.0. The fraction of sp³-hybridized carbons (Fsp3) is 0.0625. The minimum Gasteiger partial charge on any atom is -0.277 e. The number of carbonyl (C=O) groups excluding carboxylic acids is 1. The van der Waals surface area contributed by atoms with Crippen molar-refractivity contribution in [2.45, 2.75) is 0 Å². The zero-order valence-corrected chi connectivity index (χ0v) is 10.7. The Hall–Kier alpha value is -2.39. The predicted octanol–water partition coefficient (Wildman–Crippen LogP) is 2.90. The summed E-state index contributed by atoms with van der Waals surface area (Å²) in [6.07, 6.45) is 1.84. The van der Waals surface area contributed by atoms with E-state index in [9.17, 15) is 4.79 Å². The van der Waals surface area contributed by atoms with Gasteiger partial charge in [0.15, 0.2) is 0 Å². The van der Waals surface area contributed by atoms with Crippen LogP contribution in [0.4, 0.5) is 0 Å². The average molecular weight is 253 g/mol. The normalized spacial score (nSPS) is 11.1. The highest BCUT2D eigenvalue weighted by Crippen LogP contribution is 2.18. The Bertz CT molecular complexity index is 562. The van der Waals surface area contributed by atoms with Crippen LogP contribution in [0.2, 0.25) is 0 Å². The van der Waals surface area contributed by atoms with Crippen molar-refractivity contribution in [1.82, 2.24) is 5.48 Å². The molecular formula is C16H15NO2. The lowest BCUT2D eigenvalue weighted by atomic mass is 10.0. The molecule has 0 aliphatic rings. The second-order valence-corrected chi connectivity index (χ2v) is 3.97. The number of hydrogen-bond donors (Lipinski definition) is 1. The van der Waals surface area contributed by atoms with E-state index in [0.29, 0.717) is 5.57 Å². The highest BCUT2D eigenvalue weighted by Gasteiger charge is 2.11. The first-order valence-corrected chi connectivity index (χ1v) is 5.97. The summed E-state index contributed by atoms with van der Waals surface area (Å²) in [5, 5.41) is 0. The largest absolute Gasteiger partial charge is 0.277 e. The van der Waals surface area contributed by atoms with Gasteiger partial charge in [0.25, 0.3) is 5.91 Å². The van der Waals surface area contributed by atoms with Gasteiger partial charge >= 0.3 is 0 Å². The first kappa shape index (κ1) is 13.1. The topological polar surface area (TPSA) is 38.3 Å². The number of rotatable bonds is 4. The van der Waals surface area contributed by atoms with E-state index in [1.165, 1.54) is 7.11 Å². The third-order valence-corrected chi connectivity index (χ3v) is 2.63. The van der Waals surface area contributed by atoms with E-state index in [1.54, 1.807) is 0 Å². The summed E-state index contributed by atoms with van der Waals surface area (Å²) in [4.78, 5) is 16.7. The molecule has 0 saturated carbocycles. The van der Waals surface area contributed by atoms with E-state index >= 15 is 0 Å². The standard InChI is InChI=1S/C16H15NO2/c1-19-17-16(18)15(14-10-6-3-7-11-14)12-13-8-4-2-5-9-13/h2-12H,1H3,(H,17,18)/b15-12+. The first-order valence-electron chi connectivity index (χ1n) is 5.97. The van der Waals surface area contributed by atoms with Crippen LogP contribution in [-0.4, -0.2) is 13.0 Å². The van der Waals surface area contributed by atoms with Gasteiger partial charge in [0.1, 0.15) is 0 Å². The fourth-order valence-electron chi connectivity index (χ4n) is 1.76. The molecule has 1 amide bonds. The molecule has 0 aromatic heterocycles. The van der Waals surface area contributed by atoms with Crippen molar-refractivity contribution in [2.24, 2.45) is 0 Å². The van der Waals surface area contributed by atoms with Crippen LogP contribution >= 0.6 is 0 Å².